The summed E-state index contributed by atoms with van der Waals surface area (Å²) in [7, 11) is 1.35. The van der Waals surface area contributed by atoms with Crippen molar-refractivity contribution in [3.05, 3.63) is 59.8 Å². The molecular formula is C22H28N2O4. The van der Waals surface area contributed by atoms with Gasteiger partial charge < -0.3 is 24.9 Å². The summed E-state index contributed by atoms with van der Waals surface area (Å²) in [6.45, 7) is 6.35. The van der Waals surface area contributed by atoms with Gasteiger partial charge in [0.1, 0.15) is 6.04 Å². The van der Waals surface area contributed by atoms with Crippen molar-refractivity contribution >= 4 is 16.9 Å². The molecule has 0 spiro atoms. The molecule has 3 aromatic rings. The highest BCUT2D eigenvalue weighted by Crippen LogP contribution is 2.30. The number of nitrogens with two attached hydrogens (primary N) is 1. The molecule has 1 aliphatic rings. The van der Waals surface area contributed by atoms with Crippen molar-refractivity contribution < 1.29 is 19.0 Å². The third-order valence-corrected chi connectivity index (χ3v) is 4.23. The molecule has 150 valence electrons. The molecule has 6 nitrogen and oxygen atoms in total. The highest BCUT2D eigenvalue weighted by Gasteiger charge is 2.18. The number of para-hydroxylation sites is 3. The highest BCUT2D eigenvalue weighted by atomic mass is 16.7. The molecule has 28 heavy (non-hydrogen) atoms. The van der Waals surface area contributed by atoms with Crippen molar-refractivity contribution in [3.63, 3.8) is 0 Å². The topological polar surface area (TPSA) is 86.6 Å². The minimum absolute atomic E-state index is 0.360. The van der Waals surface area contributed by atoms with Crippen LogP contribution in [0.2, 0.25) is 0 Å². The normalized spacial score (nSPS) is 12.3. The number of aryl methyl sites for hydroxylation is 1. The number of H-pyrrole nitrogens is 1. The zero-order valence-electron chi connectivity index (χ0n) is 16.8. The molecule has 0 aliphatic carbocycles. The minimum atomic E-state index is -0.613. The largest absolute Gasteiger partial charge is 0.468 e. The van der Waals surface area contributed by atoms with Crippen LogP contribution in [0.15, 0.2) is 48.5 Å². The zero-order chi connectivity index (χ0) is 20.5. The van der Waals surface area contributed by atoms with Gasteiger partial charge in [-0.2, -0.15) is 0 Å². The monoisotopic (exact) mass is 384 g/mol. The van der Waals surface area contributed by atoms with E-state index in [2.05, 4.69) is 9.72 Å². The first-order valence-corrected chi connectivity index (χ1v) is 9.34. The number of fused-ring (bicyclic) bond motifs is 2. The minimum Gasteiger partial charge on any atom is -0.468 e. The molecule has 0 unspecified atom stereocenters. The summed E-state index contributed by atoms with van der Waals surface area (Å²) in [6, 6.07) is 15.0. The Morgan fingerprint density at radius 3 is 2.29 bits per heavy atom. The van der Waals surface area contributed by atoms with E-state index in [-0.39, 0.29) is 5.97 Å². The Bertz CT molecular complexity index is 881. The Labute approximate surface area is 165 Å². The third kappa shape index (κ3) is 5.04. The summed E-state index contributed by atoms with van der Waals surface area (Å²) in [4.78, 5) is 14.6. The van der Waals surface area contributed by atoms with Gasteiger partial charge in [-0.3, -0.25) is 4.79 Å². The number of rotatable bonds is 3. The van der Waals surface area contributed by atoms with Gasteiger partial charge in [0, 0.05) is 23.0 Å². The fraction of sp³-hybridized carbons (Fsp3) is 0.318. The van der Waals surface area contributed by atoms with E-state index in [9.17, 15) is 4.79 Å². The number of aromatic amines is 1. The van der Waals surface area contributed by atoms with Gasteiger partial charge in [0.2, 0.25) is 6.79 Å². The number of nitrogens with one attached hydrogen (secondary N) is 1. The number of benzene rings is 2. The van der Waals surface area contributed by atoms with E-state index in [1.807, 2.05) is 69.3 Å². The molecule has 2 heterocycles. The first kappa shape index (κ1) is 21.3. The lowest BCUT2D eigenvalue weighted by molar-refractivity contribution is -0.142. The van der Waals surface area contributed by atoms with Crippen molar-refractivity contribution in [1.29, 1.82) is 0 Å². The molecule has 6 heteroatoms. The highest BCUT2D eigenvalue weighted by molar-refractivity contribution is 5.85. The Kier molecular flexibility index (Phi) is 7.89. The van der Waals surface area contributed by atoms with Crippen LogP contribution in [0, 0.1) is 6.92 Å². The summed E-state index contributed by atoms with van der Waals surface area (Å²) in [5.74, 6) is 1.31. The van der Waals surface area contributed by atoms with Gasteiger partial charge in [-0.25, -0.2) is 0 Å². The predicted octanol–water partition coefficient (Wildman–Crippen LogP) is 3.96. The van der Waals surface area contributed by atoms with E-state index in [0.717, 1.165) is 33.7 Å². The second-order valence-electron chi connectivity index (χ2n) is 5.96. The van der Waals surface area contributed by atoms with E-state index in [0.29, 0.717) is 13.2 Å². The Morgan fingerprint density at radius 2 is 1.68 bits per heavy atom. The molecular weight excluding hydrogens is 356 g/mol. The molecule has 1 atom stereocenters. The van der Waals surface area contributed by atoms with E-state index < -0.39 is 6.04 Å². The lowest BCUT2D eigenvalue weighted by Crippen LogP contribution is -2.33. The number of aromatic nitrogens is 1. The van der Waals surface area contributed by atoms with Crippen LogP contribution in [-0.2, 0) is 16.0 Å². The fourth-order valence-corrected chi connectivity index (χ4v) is 2.90. The summed E-state index contributed by atoms with van der Waals surface area (Å²) in [6.07, 6.45) is 0.489. The summed E-state index contributed by atoms with van der Waals surface area (Å²) in [5.41, 5.74) is 8.99. The Balaban J connectivity index is 0.000000213. The number of esters is 1. The standard InChI is InChI=1S/C13H16N2O2.C7H6O2.C2H6/c1-8-10(7-11(14)13(16)17-2)9-5-3-4-6-12(9)15-8;1-2-4-7-6(3-1)8-5-9-7;1-2/h3-6,11,15H,7,14H2,1-2H3;1-4H,5H2;1-2H3/t11-;;/m0../s1. The maximum atomic E-state index is 11.3. The summed E-state index contributed by atoms with van der Waals surface area (Å²) < 4.78 is 14.8. The van der Waals surface area contributed by atoms with Crippen LogP contribution in [0.5, 0.6) is 11.5 Å². The molecule has 2 aromatic carbocycles. The third-order valence-electron chi connectivity index (χ3n) is 4.23. The molecule has 0 radical (unpaired) electrons. The van der Waals surface area contributed by atoms with Crippen molar-refractivity contribution in [3.8, 4) is 11.5 Å². The molecule has 0 amide bonds. The van der Waals surface area contributed by atoms with Crippen LogP contribution in [0.4, 0.5) is 0 Å². The lowest BCUT2D eigenvalue weighted by Gasteiger charge is -2.09. The van der Waals surface area contributed by atoms with Crippen LogP contribution in [-0.4, -0.2) is 30.9 Å². The zero-order valence-corrected chi connectivity index (χ0v) is 16.8. The molecule has 0 fully saturated rings. The number of hydrogen-bond donors (Lipinski definition) is 2. The smallest absolute Gasteiger partial charge is 0.322 e. The lowest BCUT2D eigenvalue weighted by atomic mass is 10.0. The van der Waals surface area contributed by atoms with Crippen molar-refractivity contribution in [1.82, 2.24) is 4.98 Å². The Morgan fingerprint density at radius 1 is 1.11 bits per heavy atom. The van der Waals surface area contributed by atoms with E-state index in [1.165, 1.54) is 7.11 Å². The number of hydrogen-bond acceptors (Lipinski definition) is 5. The molecule has 0 bridgehead atoms. The second-order valence-corrected chi connectivity index (χ2v) is 5.96. The maximum absolute atomic E-state index is 11.3. The quantitative estimate of drug-likeness (QED) is 0.668. The average Bonchev–Trinajstić information content (AvgIpc) is 3.34. The molecule has 0 saturated heterocycles. The fourth-order valence-electron chi connectivity index (χ4n) is 2.90. The van der Waals surface area contributed by atoms with Crippen molar-refractivity contribution in [2.75, 3.05) is 13.9 Å². The van der Waals surface area contributed by atoms with Crippen LogP contribution in [0.1, 0.15) is 25.1 Å². The number of ether oxygens (including phenoxy) is 3. The van der Waals surface area contributed by atoms with Crippen molar-refractivity contribution in [2.45, 2.75) is 33.2 Å². The molecule has 4 rings (SSSR count). The van der Waals surface area contributed by atoms with Gasteiger partial charge in [-0.15, -0.1) is 0 Å². The van der Waals surface area contributed by atoms with Crippen LogP contribution < -0.4 is 15.2 Å². The van der Waals surface area contributed by atoms with Gasteiger partial charge in [0.15, 0.2) is 11.5 Å². The number of carbonyl (C=O) groups is 1. The molecule has 3 N–H and O–H groups in total. The Hall–Kier alpha value is -2.99. The second kappa shape index (κ2) is 10.4. The SMILES string of the molecule is CC.COC(=O)[C@@H](N)Cc1c(C)[nH]c2ccccc12.c1ccc2c(c1)OCO2. The van der Waals surface area contributed by atoms with E-state index in [1.54, 1.807) is 0 Å². The van der Waals surface area contributed by atoms with Crippen LogP contribution >= 0.6 is 0 Å². The average molecular weight is 384 g/mol. The number of carbonyl (C=O) groups excluding carboxylic acids is 1. The summed E-state index contributed by atoms with van der Waals surface area (Å²) in [5, 5.41) is 1.12. The van der Waals surface area contributed by atoms with Crippen LogP contribution in [0.3, 0.4) is 0 Å². The number of methoxy groups -OCH3 is 1. The first-order valence-electron chi connectivity index (χ1n) is 9.34. The van der Waals surface area contributed by atoms with Gasteiger partial charge in [0.05, 0.1) is 7.11 Å². The van der Waals surface area contributed by atoms with Gasteiger partial charge in [0.25, 0.3) is 0 Å². The maximum Gasteiger partial charge on any atom is 0.322 e. The van der Waals surface area contributed by atoms with E-state index >= 15 is 0 Å². The first-order chi connectivity index (χ1) is 13.6. The van der Waals surface area contributed by atoms with Crippen LogP contribution in [0.25, 0.3) is 10.9 Å². The van der Waals surface area contributed by atoms with Crippen molar-refractivity contribution in [2.24, 2.45) is 5.73 Å². The predicted molar refractivity (Wildman–Crippen MR) is 111 cm³/mol. The summed E-state index contributed by atoms with van der Waals surface area (Å²) >= 11 is 0. The van der Waals surface area contributed by atoms with Gasteiger partial charge >= 0.3 is 5.97 Å². The van der Waals surface area contributed by atoms with Gasteiger partial charge in [-0.05, 0) is 30.7 Å². The molecule has 1 aromatic heterocycles. The van der Waals surface area contributed by atoms with E-state index in [4.69, 9.17) is 15.2 Å². The molecule has 0 saturated carbocycles. The van der Waals surface area contributed by atoms with Gasteiger partial charge in [-0.1, -0.05) is 44.2 Å². The molecule has 1 aliphatic heterocycles.